The number of hydrogen-bond donors (Lipinski definition) is 0. The van der Waals surface area contributed by atoms with E-state index in [1.54, 1.807) is 58.0 Å². The van der Waals surface area contributed by atoms with Crippen LogP contribution in [0.4, 0.5) is 4.79 Å². The predicted molar refractivity (Wildman–Crippen MR) is 130 cm³/mol. The van der Waals surface area contributed by atoms with E-state index >= 15 is 0 Å². The van der Waals surface area contributed by atoms with Crippen LogP contribution in [0.1, 0.15) is 42.8 Å². The number of para-hydroxylation sites is 1. The largest absolute Gasteiger partial charge is 0.443 e. The predicted octanol–water partition coefficient (Wildman–Crippen LogP) is 6.30. The molecule has 0 amide bonds. The third kappa shape index (κ3) is 4.31. The van der Waals surface area contributed by atoms with Crippen molar-refractivity contribution in [2.75, 3.05) is 0 Å². The molecule has 0 aliphatic carbocycles. The molecule has 6 heteroatoms. The third-order valence-corrected chi connectivity index (χ3v) is 7.54. The molecule has 0 aliphatic rings. The fourth-order valence-electron chi connectivity index (χ4n) is 4.14. The van der Waals surface area contributed by atoms with E-state index in [9.17, 15) is 13.2 Å². The maximum atomic E-state index is 14.0. The van der Waals surface area contributed by atoms with Crippen molar-refractivity contribution in [3.63, 3.8) is 0 Å². The highest BCUT2D eigenvalue weighted by Gasteiger charge is 2.36. The van der Waals surface area contributed by atoms with Crippen LogP contribution < -0.4 is 0 Å². The van der Waals surface area contributed by atoms with Gasteiger partial charge in [-0.2, -0.15) is 0 Å². The molecule has 0 aliphatic heterocycles. The van der Waals surface area contributed by atoms with Crippen LogP contribution in [0.15, 0.2) is 89.8 Å². The monoisotopic (exact) mass is 461 g/mol. The Morgan fingerprint density at radius 1 is 0.848 bits per heavy atom. The Morgan fingerprint density at radius 3 is 2.00 bits per heavy atom. The van der Waals surface area contributed by atoms with Gasteiger partial charge in [-0.25, -0.2) is 17.8 Å². The minimum Gasteiger partial charge on any atom is -0.443 e. The van der Waals surface area contributed by atoms with Gasteiger partial charge < -0.3 is 4.74 Å². The number of benzene rings is 3. The van der Waals surface area contributed by atoms with E-state index in [4.69, 9.17) is 4.74 Å². The first-order valence-corrected chi connectivity index (χ1v) is 12.3. The lowest BCUT2D eigenvalue weighted by atomic mass is 10.0. The van der Waals surface area contributed by atoms with Crippen molar-refractivity contribution in [3.05, 3.63) is 102 Å². The second-order valence-electron chi connectivity index (χ2n) is 8.98. The first-order chi connectivity index (χ1) is 15.6. The molecular formula is C27H27NO4S. The van der Waals surface area contributed by atoms with Gasteiger partial charge in [0.25, 0.3) is 0 Å². The molecule has 0 bridgehead atoms. The second kappa shape index (κ2) is 8.52. The van der Waals surface area contributed by atoms with Crippen molar-refractivity contribution in [1.82, 2.24) is 4.57 Å². The molecule has 0 radical (unpaired) electrons. The number of carbonyl (C=O) groups is 1. The number of hydrogen-bond acceptors (Lipinski definition) is 4. The van der Waals surface area contributed by atoms with Crippen molar-refractivity contribution in [1.29, 1.82) is 0 Å². The topological polar surface area (TPSA) is 65.4 Å². The molecule has 0 saturated heterocycles. The highest BCUT2D eigenvalue weighted by molar-refractivity contribution is 7.92. The Kier molecular flexibility index (Phi) is 5.89. The summed E-state index contributed by atoms with van der Waals surface area (Å²) in [5.41, 5.74) is 1.68. The van der Waals surface area contributed by atoms with Gasteiger partial charge in [0.05, 0.1) is 10.4 Å². The van der Waals surface area contributed by atoms with Crippen molar-refractivity contribution in [2.24, 2.45) is 0 Å². The van der Waals surface area contributed by atoms with E-state index in [-0.39, 0.29) is 4.90 Å². The van der Waals surface area contributed by atoms with Gasteiger partial charge in [0.1, 0.15) is 10.9 Å². The lowest BCUT2D eigenvalue weighted by Gasteiger charge is -2.21. The first-order valence-electron chi connectivity index (χ1n) is 10.8. The molecule has 0 N–H and O–H groups in total. The summed E-state index contributed by atoms with van der Waals surface area (Å²) in [6, 6.07) is 24.9. The van der Waals surface area contributed by atoms with Crippen LogP contribution in [0.3, 0.4) is 0 Å². The maximum absolute atomic E-state index is 14.0. The second-order valence-corrected chi connectivity index (χ2v) is 11.0. The summed E-state index contributed by atoms with van der Waals surface area (Å²) >= 11 is 0. The normalized spacial score (nSPS) is 13.1. The van der Waals surface area contributed by atoms with Gasteiger partial charge in [0.2, 0.25) is 0 Å². The molecule has 0 saturated carbocycles. The van der Waals surface area contributed by atoms with Crippen molar-refractivity contribution in [3.8, 4) is 0 Å². The number of sulfone groups is 1. The average molecular weight is 462 g/mol. The zero-order valence-electron chi connectivity index (χ0n) is 19.1. The van der Waals surface area contributed by atoms with Crippen LogP contribution in [-0.4, -0.2) is 24.7 Å². The van der Waals surface area contributed by atoms with Gasteiger partial charge in [-0.3, -0.25) is 0 Å². The van der Waals surface area contributed by atoms with Crippen molar-refractivity contribution in [2.45, 2.75) is 43.4 Å². The van der Waals surface area contributed by atoms with E-state index < -0.39 is 26.8 Å². The molecule has 1 unspecified atom stereocenters. The quantitative estimate of drug-likeness (QED) is 0.358. The van der Waals surface area contributed by atoms with Crippen molar-refractivity contribution >= 4 is 26.8 Å². The zero-order chi connectivity index (χ0) is 23.8. The average Bonchev–Trinajstić information content (AvgIpc) is 3.06. The summed E-state index contributed by atoms with van der Waals surface area (Å²) < 4.78 is 35.2. The van der Waals surface area contributed by atoms with Gasteiger partial charge in [0.15, 0.2) is 9.84 Å². The van der Waals surface area contributed by atoms with Gasteiger partial charge in [0, 0.05) is 16.6 Å². The number of aromatic nitrogens is 1. The molecule has 33 heavy (non-hydrogen) atoms. The molecular weight excluding hydrogens is 434 g/mol. The van der Waals surface area contributed by atoms with Crippen LogP contribution in [-0.2, 0) is 14.6 Å². The lowest BCUT2D eigenvalue weighted by molar-refractivity contribution is 0.0541. The Hall–Kier alpha value is -3.38. The third-order valence-electron chi connectivity index (χ3n) is 5.48. The van der Waals surface area contributed by atoms with Crippen LogP contribution in [0, 0.1) is 6.92 Å². The number of carbonyl (C=O) groups excluding carboxylic acids is 1. The number of nitrogens with zero attached hydrogens (tertiary/aromatic N) is 1. The molecule has 1 atom stereocenters. The summed E-state index contributed by atoms with van der Waals surface area (Å²) in [4.78, 5) is 13.4. The Labute approximate surface area is 194 Å². The number of rotatable bonds is 4. The molecule has 5 nitrogen and oxygen atoms in total. The molecule has 1 aromatic heterocycles. The van der Waals surface area contributed by atoms with Crippen molar-refractivity contribution < 1.29 is 17.9 Å². The SMILES string of the molecule is Cc1c(C(c2ccccc2)S(=O)(=O)c2ccccc2)c2ccccc2n1C(=O)OC(C)(C)C. The highest BCUT2D eigenvalue weighted by Crippen LogP contribution is 2.41. The first kappa shape index (κ1) is 22.8. The van der Waals surface area contributed by atoms with E-state index in [1.807, 2.05) is 54.6 Å². The molecule has 3 aromatic carbocycles. The fraction of sp³-hybridized carbons (Fsp3) is 0.222. The summed E-state index contributed by atoms with van der Waals surface area (Å²) in [6.45, 7) is 7.19. The lowest BCUT2D eigenvalue weighted by Crippen LogP contribution is -2.27. The number of ether oxygens (including phenoxy) is 1. The molecule has 0 fully saturated rings. The smallest absolute Gasteiger partial charge is 0.419 e. The fourth-order valence-corrected chi connectivity index (χ4v) is 6.07. The summed E-state index contributed by atoms with van der Waals surface area (Å²) in [5.74, 6) is 0. The van der Waals surface area contributed by atoms with E-state index in [0.717, 1.165) is 0 Å². The molecule has 170 valence electrons. The van der Waals surface area contributed by atoms with Gasteiger partial charge in [-0.05, 0) is 51.5 Å². The Balaban J connectivity index is 2.03. The van der Waals surface area contributed by atoms with Crippen LogP contribution in [0.25, 0.3) is 10.9 Å². The summed E-state index contributed by atoms with van der Waals surface area (Å²) in [5, 5.41) is -0.288. The molecule has 4 aromatic rings. The van der Waals surface area contributed by atoms with Gasteiger partial charge >= 0.3 is 6.09 Å². The molecule has 4 rings (SSSR count). The Morgan fingerprint density at radius 2 is 1.39 bits per heavy atom. The summed E-state index contributed by atoms with van der Waals surface area (Å²) in [7, 11) is -3.83. The minimum atomic E-state index is -3.83. The standard InChI is InChI=1S/C27H27NO4S/c1-19-24(22-17-11-12-18-23(22)28(19)26(29)32-27(2,3)4)25(20-13-7-5-8-14-20)33(30,31)21-15-9-6-10-16-21/h5-18,25H,1-4H3. The van der Waals surface area contributed by atoms with E-state index in [1.165, 1.54) is 4.57 Å². The van der Waals surface area contributed by atoms with Crippen LogP contribution >= 0.6 is 0 Å². The molecule has 1 heterocycles. The van der Waals surface area contributed by atoms with E-state index in [0.29, 0.717) is 27.7 Å². The number of fused-ring (bicyclic) bond motifs is 1. The highest BCUT2D eigenvalue weighted by atomic mass is 32.2. The molecule has 0 spiro atoms. The van der Waals surface area contributed by atoms with Gasteiger partial charge in [-0.1, -0.05) is 66.7 Å². The van der Waals surface area contributed by atoms with Crippen LogP contribution in [0.5, 0.6) is 0 Å². The summed E-state index contributed by atoms with van der Waals surface area (Å²) in [6.07, 6.45) is -0.536. The maximum Gasteiger partial charge on any atom is 0.419 e. The zero-order valence-corrected chi connectivity index (χ0v) is 20.0. The van der Waals surface area contributed by atoms with E-state index in [2.05, 4.69) is 0 Å². The van der Waals surface area contributed by atoms with Crippen LogP contribution in [0.2, 0.25) is 0 Å². The Bertz CT molecular complexity index is 1400. The minimum absolute atomic E-state index is 0.229. The van der Waals surface area contributed by atoms with Gasteiger partial charge in [-0.15, -0.1) is 0 Å².